The number of rotatable bonds is 7. The number of ether oxygens (including phenoxy) is 1. The summed E-state index contributed by atoms with van der Waals surface area (Å²) in [5.41, 5.74) is -0.243. The van der Waals surface area contributed by atoms with Crippen LogP contribution in [0.25, 0.3) is 0 Å². The minimum Gasteiger partial charge on any atom is -0.444 e. The summed E-state index contributed by atoms with van der Waals surface area (Å²) in [6.07, 6.45) is 6.33. The van der Waals surface area contributed by atoms with Crippen LogP contribution in [0.2, 0.25) is 5.02 Å². The van der Waals surface area contributed by atoms with Crippen LogP contribution in [0.1, 0.15) is 59.8 Å². The molecule has 2 N–H and O–H groups in total. The number of piperidine rings is 1. The van der Waals surface area contributed by atoms with Crippen molar-refractivity contribution < 1.29 is 9.53 Å². The van der Waals surface area contributed by atoms with E-state index in [1.54, 1.807) is 12.3 Å². The first kappa shape index (κ1) is 27.7. The number of anilines is 4. The number of amides is 1. The average molecular weight is 559 g/mol. The van der Waals surface area contributed by atoms with Gasteiger partial charge in [-0.25, -0.2) is 9.78 Å². The summed E-state index contributed by atoms with van der Waals surface area (Å²) in [5, 5.41) is 6.68. The lowest BCUT2D eigenvalue weighted by atomic mass is 9.98. The Hall–Kier alpha value is -2.85. The minimum absolute atomic E-state index is 0.226. The van der Waals surface area contributed by atoms with Gasteiger partial charge in [-0.2, -0.15) is 0 Å². The Morgan fingerprint density at radius 2 is 1.77 bits per heavy atom. The summed E-state index contributed by atoms with van der Waals surface area (Å²) in [7, 11) is 0. The van der Waals surface area contributed by atoms with Crippen LogP contribution in [0, 0.1) is 0 Å². The topological polar surface area (TPSA) is 107 Å². The molecule has 1 atom stereocenters. The van der Waals surface area contributed by atoms with Crippen molar-refractivity contribution in [2.24, 2.45) is 0 Å². The predicted octanol–water partition coefficient (Wildman–Crippen LogP) is 3.95. The Kier molecular flexibility index (Phi) is 7.79. The van der Waals surface area contributed by atoms with Gasteiger partial charge in [0.2, 0.25) is 0 Å². The molecule has 3 aliphatic rings. The number of carbonyl (C=O) groups excluding carboxylic acids is 1. The second kappa shape index (κ2) is 11.0. The molecule has 5 rings (SSSR count). The first-order valence-electron chi connectivity index (χ1n) is 14.0. The molecule has 1 aromatic carbocycles. The molecule has 10 nitrogen and oxygen atoms in total. The van der Waals surface area contributed by atoms with Crippen LogP contribution < -0.4 is 26.4 Å². The molecule has 0 radical (unpaired) electrons. The van der Waals surface area contributed by atoms with Crippen molar-refractivity contribution in [1.29, 1.82) is 0 Å². The average Bonchev–Trinajstić information content (AvgIpc) is 3.74. The van der Waals surface area contributed by atoms with E-state index in [0.29, 0.717) is 41.6 Å². The smallest absolute Gasteiger partial charge is 0.410 e. The molecule has 212 valence electrons. The number of carbonyl (C=O) groups is 1. The van der Waals surface area contributed by atoms with E-state index in [4.69, 9.17) is 16.3 Å². The van der Waals surface area contributed by atoms with E-state index in [1.165, 1.54) is 0 Å². The van der Waals surface area contributed by atoms with Crippen molar-refractivity contribution in [3.8, 4) is 0 Å². The lowest BCUT2D eigenvalue weighted by Crippen LogP contribution is -2.59. The molecule has 1 aromatic heterocycles. The summed E-state index contributed by atoms with van der Waals surface area (Å²) in [6.45, 7) is 11.8. The van der Waals surface area contributed by atoms with E-state index in [9.17, 15) is 14.4 Å². The third kappa shape index (κ3) is 6.17. The minimum atomic E-state index is -0.516. The highest BCUT2D eigenvalue weighted by Gasteiger charge is 2.35. The Bertz CT molecular complexity index is 1270. The van der Waals surface area contributed by atoms with E-state index < -0.39 is 16.5 Å². The Balaban J connectivity index is 1.18. The fourth-order valence-corrected chi connectivity index (χ4v) is 5.85. The third-order valence-corrected chi connectivity index (χ3v) is 8.09. The molecule has 1 amide bonds. The van der Waals surface area contributed by atoms with Gasteiger partial charge >= 0.3 is 6.09 Å². The second-order valence-electron chi connectivity index (χ2n) is 11.9. The molecule has 3 fully saturated rings. The Morgan fingerprint density at radius 3 is 2.38 bits per heavy atom. The highest BCUT2D eigenvalue weighted by Crippen LogP contribution is 2.33. The molecular formula is C28H39ClN6O4. The van der Waals surface area contributed by atoms with Gasteiger partial charge in [0.1, 0.15) is 22.8 Å². The Morgan fingerprint density at radius 1 is 1.08 bits per heavy atom. The third-order valence-electron chi connectivity index (χ3n) is 7.81. The van der Waals surface area contributed by atoms with Crippen molar-refractivity contribution >= 4 is 40.6 Å². The van der Waals surface area contributed by atoms with Crippen molar-refractivity contribution in [2.75, 3.05) is 48.3 Å². The van der Waals surface area contributed by atoms with E-state index >= 15 is 0 Å². The number of aromatic nitrogens is 1. The standard InChI is InChI=1S/C28H39ClN6O4/c1-5-19-16-34(12-13-35(19)20-8-10-33(11-9-20)27(38)39-28(2,3)4)26-21(29)14-18(15-30-26)32-23-22(24(36)25(23)37)31-17-6-7-17/h14-15,17,19-20,31-32H,5-13,16H2,1-4H3. The number of piperazine rings is 1. The lowest BCUT2D eigenvalue weighted by Gasteiger charge is -2.47. The summed E-state index contributed by atoms with van der Waals surface area (Å²) in [6, 6.07) is 2.83. The molecule has 2 saturated heterocycles. The first-order valence-corrected chi connectivity index (χ1v) is 14.4. The van der Waals surface area contributed by atoms with Crippen molar-refractivity contribution in [3.63, 3.8) is 0 Å². The molecule has 11 heteroatoms. The zero-order chi connectivity index (χ0) is 27.9. The number of hydrogen-bond donors (Lipinski definition) is 2. The van der Waals surface area contributed by atoms with Crippen LogP contribution in [0.4, 0.5) is 27.7 Å². The van der Waals surface area contributed by atoms with E-state index in [1.807, 2.05) is 25.7 Å². The maximum atomic E-state index is 12.5. The quantitative estimate of drug-likeness (QED) is 0.488. The van der Waals surface area contributed by atoms with Gasteiger partial charge in [-0.1, -0.05) is 18.5 Å². The SMILES string of the molecule is CCC1CN(c2ncc(Nc3c(NC4CC4)c(=O)c3=O)cc2Cl)CCN1C1CCN(C(=O)OC(C)(C)C)CC1. The zero-order valence-corrected chi connectivity index (χ0v) is 24.0. The second-order valence-corrected chi connectivity index (χ2v) is 12.3. The molecule has 2 aromatic rings. The van der Waals surface area contributed by atoms with Gasteiger partial charge < -0.3 is 25.2 Å². The number of likely N-dealkylation sites (tertiary alicyclic amines) is 1. The summed E-state index contributed by atoms with van der Waals surface area (Å²) < 4.78 is 5.55. The lowest BCUT2D eigenvalue weighted by molar-refractivity contribution is 0.00944. The van der Waals surface area contributed by atoms with Crippen LogP contribution in [0.5, 0.6) is 0 Å². The normalized spacial score (nSPS) is 21.3. The van der Waals surface area contributed by atoms with Crippen LogP contribution in [0.3, 0.4) is 0 Å². The maximum Gasteiger partial charge on any atom is 0.410 e. The molecule has 1 saturated carbocycles. The molecule has 39 heavy (non-hydrogen) atoms. The first-order chi connectivity index (χ1) is 18.5. The fourth-order valence-electron chi connectivity index (χ4n) is 5.57. The Labute approximate surface area is 234 Å². The number of pyridine rings is 1. The van der Waals surface area contributed by atoms with Crippen molar-refractivity contribution in [2.45, 2.75) is 83.5 Å². The molecular weight excluding hydrogens is 520 g/mol. The van der Waals surface area contributed by atoms with Gasteiger partial charge in [0.25, 0.3) is 10.9 Å². The summed E-state index contributed by atoms with van der Waals surface area (Å²) in [5.74, 6) is 0.724. The molecule has 1 aliphatic carbocycles. The predicted molar refractivity (Wildman–Crippen MR) is 154 cm³/mol. The fraction of sp³-hybridized carbons (Fsp3) is 0.643. The van der Waals surface area contributed by atoms with Gasteiger partial charge in [0.05, 0.1) is 16.9 Å². The highest BCUT2D eigenvalue weighted by atomic mass is 35.5. The van der Waals surface area contributed by atoms with Crippen molar-refractivity contribution in [1.82, 2.24) is 14.8 Å². The van der Waals surface area contributed by atoms with Gasteiger partial charge in [-0.3, -0.25) is 14.5 Å². The molecule has 0 bridgehead atoms. The summed E-state index contributed by atoms with van der Waals surface area (Å²) in [4.78, 5) is 47.8. The van der Waals surface area contributed by atoms with Crippen LogP contribution in [0.15, 0.2) is 21.9 Å². The molecule has 0 spiro atoms. The van der Waals surface area contributed by atoms with Gasteiger partial charge in [0, 0.05) is 50.8 Å². The number of nitrogens with zero attached hydrogens (tertiary/aromatic N) is 4. The molecule has 3 heterocycles. The van der Waals surface area contributed by atoms with Crippen LogP contribution in [-0.4, -0.2) is 77.3 Å². The largest absolute Gasteiger partial charge is 0.444 e. The molecule has 2 aliphatic heterocycles. The van der Waals surface area contributed by atoms with Gasteiger partial charge in [0.15, 0.2) is 0 Å². The van der Waals surface area contributed by atoms with Gasteiger partial charge in [-0.15, -0.1) is 0 Å². The number of hydrogen-bond acceptors (Lipinski definition) is 9. The zero-order valence-electron chi connectivity index (χ0n) is 23.3. The summed E-state index contributed by atoms with van der Waals surface area (Å²) >= 11 is 6.68. The van der Waals surface area contributed by atoms with Crippen molar-refractivity contribution in [3.05, 3.63) is 37.7 Å². The van der Waals surface area contributed by atoms with E-state index in [-0.39, 0.29) is 17.8 Å². The van der Waals surface area contributed by atoms with Gasteiger partial charge in [-0.05, 0) is 58.9 Å². The highest BCUT2D eigenvalue weighted by molar-refractivity contribution is 6.33. The molecule has 1 unspecified atom stereocenters. The number of halogens is 1. The monoisotopic (exact) mass is 558 g/mol. The van der Waals surface area contributed by atoms with Crippen LogP contribution in [-0.2, 0) is 4.74 Å². The maximum absolute atomic E-state index is 12.5. The van der Waals surface area contributed by atoms with E-state index in [0.717, 1.165) is 57.6 Å². The number of nitrogens with one attached hydrogen (secondary N) is 2. The van der Waals surface area contributed by atoms with E-state index in [2.05, 4.69) is 32.3 Å². The van der Waals surface area contributed by atoms with Crippen LogP contribution >= 0.6 is 11.6 Å².